The molecular weight excluding hydrogens is 218 g/mol. The number of Topliss-reactive ketones (excluding diaryl/α,β-unsaturated/α-hetero) is 1. The van der Waals surface area contributed by atoms with E-state index in [9.17, 15) is 4.79 Å². The molecule has 0 saturated carbocycles. The summed E-state index contributed by atoms with van der Waals surface area (Å²) in [5, 5.41) is 3.99. The number of rotatable bonds is 4. The van der Waals surface area contributed by atoms with Crippen LogP contribution in [0, 0.1) is 0 Å². The van der Waals surface area contributed by atoms with Crippen LogP contribution in [0.5, 0.6) is 0 Å². The monoisotopic (exact) mass is 237 g/mol. The van der Waals surface area contributed by atoms with Crippen LogP contribution in [-0.4, -0.2) is 29.0 Å². The molecule has 0 aliphatic carbocycles. The minimum Gasteiger partial charge on any atom is -0.338 e. The smallest absolute Gasteiger partial charge is 0.266 e. The molecule has 0 unspecified atom stereocenters. The largest absolute Gasteiger partial charge is 0.338 e. The van der Waals surface area contributed by atoms with E-state index in [1.165, 1.54) is 25.7 Å². The highest BCUT2D eigenvalue weighted by atomic mass is 16.5. The molecule has 1 aliphatic rings. The van der Waals surface area contributed by atoms with Gasteiger partial charge < -0.3 is 14.2 Å². The molecule has 0 aromatic carbocycles. The summed E-state index contributed by atoms with van der Waals surface area (Å²) in [5.41, 5.74) is 0. The summed E-state index contributed by atoms with van der Waals surface area (Å²) in [7, 11) is 0. The third-order valence-corrected chi connectivity index (χ3v) is 3.04. The van der Waals surface area contributed by atoms with Gasteiger partial charge in [-0.25, -0.2) is 0 Å². The number of hydrogen-bond donors (Lipinski definition) is 0. The molecular formula is C12H19N3O2. The minimum atomic E-state index is 0.152. The van der Waals surface area contributed by atoms with Gasteiger partial charge in [0.05, 0.1) is 0 Å². The van der Waals surface area contributed by atoms with Crippen molar-refractivity contribution in [2.45, 2.75) is 45.4 Å². The van der Waals surface area contributed by atoms with Gasteiger partial charge in [-0.3, -0.25) is 0 Å². The van der Waals surface area contributed by atoms with Crippen LogP contribution in [0.1, 0.15) is 44.9 Å². The molecule has 0 N–H and O–H groups in total. The lowest BCUT2D eigenvalue weighted by atomic mass is 10.2. The number of aromatic nitrogens is 2. The zero-order valence-electron chi connectivity index (χ0n) is 10.3. The van der Waals surface area contributed by atoms with Crippen LogP contribution in [0.15, 0.2) is 4.52 Å². The van der Waals surface area contributed by atoms with Crippen molar-refractivity contribution in [2.24, 2.45) is 0 Å². The van der Waals surface area contributed by atoms with Crippen LogP contribution in [0.2, 0.25) is 0 Å². The number of aryl methyl sites for hydroxylation is 1. The van der Waals surface area contributed by atoms with Crippen LogP contribution in [0.3, 0.4) is 0 Å². The molecule has 2 rings (SSSR count). The van der Waals surface area contributed by atoms with Gasteiger partial charge in [-0.05, 0) is 24.9 Å². The molecule has 0 amide bonds. The van der Waals surface area contributed by atoms with Gasteiger partial charge in [0.15, 0.2) is 0 Å². The fourth-order valence-electron chi connectivity index (χ4n) is 2.03. The highest BCUT2D eigenvalue weighted by molar-refractivity contribution is 5.75. The quantitative estimate of drug-likeness (QED) is 0.801. The Morgan fingerprint density at radius 1 is 1.29 bits per heavy atom. The van der Waals surface area contributed by atoms with Crippen LogP contribution in [0.4, 0.5) is 5.95 Å². The molecule has 0 spiro atoms. The van der Waals surface area contributed by atoms with Crippen molar-refractivity contribution in [1.82, 2.24) is 10.1 Å². The number of hydrogen-bond acceptors (Lipinski definition) is 5. The molecule has 1 aromatic rings. The molecule has 1 fully saturated rings. The number of nitrogens with zero attached hydrogens (tertiary/aromatic N) is 3. The van der Waals surface area contributed by atoms with Crippen LogP contribution < -0.4 is 4.90 Å². The second kappa shape index (κ2) is 5.80. The van der Waals surface area contributed by atoms with Crippen molar-refractivity contribution in [1.29, 1.82) is 0 Å². The van der Waals surface area contributed by atoms with Gasteiger partial charge in [0.1, 0.15) is 5.78 Å². The molecule has 0 radical (unpaired) electrons. The van der Waals surface area contributed by atoms with Crippen LogP contribution in [0.25, 0.3) is 0 Å². The number of carbonyl (C=O) groups excluding carboxylic acids is 1. The number of ketones is 1. The van der Waals surface area contributed by atoms with Gasteiger partial charge in [0.2, 0.25) is 5.89 Å². The topological polar surface area (TPSA) is 59.2 Å². The summed E-state index contributed by atoms with van der Waals surface area (Å²) in [6.07, 6.45) is 5.98. The van der Waals surface area contributed by atoms with Crippen LogP contribution >= 0.6 is 0 Å². The Morgan fingerprint density at radius 2 is 2.00 bits per heavy atom. The van der Waals surface area contributed by atoms with Gasteiger partial charge in [-0.2, -0.15) is 4.98 Å². The predicted octanol–water partition coefficient (Wildman–Crippen LogP) is 1.97. The van der Waals surface area contributed by atoms with Gasteiger partial charge in [0, 0.05) is 25.9 Å². The van der Waals surface area contributed by atoms with Crippen molar-refractivity contribution in [3.63, 3.8) is 0 Å². The maximum absolute atomic E-state index is 10.9. The lowest BCUT2D eigenvalue weighted by molar-refractivity contribution is -0.117. The standard InChI is InChI=1S/C12H19N3O2/c1-10(16)6-7-11-13-12(14-17-11)15-8-4-2-3-5-9-15/h2-9H2,1H3. The molecule has 5 nitrogen and oxygen atoms in total. The summed E-state index contributed by atoms with van der Waals surface area (Å²) >= 11 is 0. The van der Waals surface area contributed by atoms with E-state index >= 15 is 0 Å². The third kappa shape index (κ3) is 3.54. The number of carbonyl (C=O) groups is 1. The Hall–Kier alpha value is -1.39. The predicted molar refractivity (Wildman–Crippen MR) is 64.0 cm³/mol. The summed E-state index contributed by atoms with van der Waals surface area (Å²) < 4.78 is 5.15. The first-order valence-electron chi connectivity index (χ1n) is 6.32. The van der Waals surface area contributed by atoms with Crippen molar-refractivity contribution >= 4 is 11.7 Å². The van der Waals surface area contributed by atoms with Gasteiger partial charge in [-0.1, -0.05) is 12.8 Å². The van der Waals surface area contributed by atoms with Crippen molar-refractivity contribution in [3.8, 4) is 0 Å². The van der Waals surface area contributed by atoms with Crippen molar-refractivity contribution < 1.29 is 9.32 Å². The van der Waals surface area contributed by atoms with Gasteiger partial charge in [0.25, 0.3) is 5.95 Å². The Labute approximate surface area is 101 Å². The number of anilines is 1. The minimum absolute atomic E-state index is 0.152. The SMILES string of the molecule is CC(=O)CCc1nc(N2CCCCCC2)no1. The first-order chi connectivity index (χ1) is 8.25. The zero-order chi connectivity index (χ0) is 12.1. The highest BCUT2D eigenvalue weighted by Crippen LogP contribution is 2.16. The summed E-state index contributed by atoms with van der Waals surface area (Å²) in [6, 6.07) is 0. The molecule has 0 atom stereocenters. The molecule has 2 heterocycles. The Morgan fingerprint density at radius 3 is 2.65 bits per heavy atom. The van der Waals surface area contributed by atoms with E-state index in [-0.39, 0.29) is 5.78 Å². The van der Waals surface area contributed by atoms with Crippen LogP contribution in [-0.2, 0) is 11.2 Å². The van der Waals surface area contributed by atoms with E-state index in [0.717, 1.165) is 13.1 Å². The van der Waals surface area contributed by atoms with Gasteiger partial charge >= 0.3 is 0 Å². The molecule has 1 aliphatic heterocycles. The van der Waals surface area contributed by atoms with Gasteiger partial charge in [-0.15, -0.1) is 0 Å². The highest BCUT2D eigenvalue weighted by Gasteiger charge is 2.15. The van der Waals surface area contributed by atoms with E-state index in [4.69, 9.17) is 4.52 Å². The summed E-state index contributed by atoms with van der Waals surface area (Å²) in [6.45, 7) is 3.59. The molecule has 17 heavy (non-hydrogen) atoms. The third-order valence-electron chi connectivity index (χ3n) is 3.04. The lowest BCUT2D eigenvalue weighted by Crippen LogP contribution is -2.24. The van der Waals surface area contributed by atoms with E-state index in [1.807, 2.05) is 0 Å². The van der Waals surface area contributed by atoms with Crippen molar-refractivity contribution in [3.05, 3.63) is 5.89 Å². The first kappa shape index (κ1) is 12.1. The molecule has 0 bridgehead atoms. The first-order valence-corrected chi connectivity index (χ1v) is 6.32. The fourth-order valence-corrected chi connectivity index (χ4v) is 2.03. The van der Waals surface area contributed by atoms with E-state index < -0.39 is 0 Å². The Kier molecular flexibility index (Phi) is 4.12. The summed E-state index contributed by atoms with van der Waals surface area (Å²) in [4.78, 5) is 17.4. The molecule has 1 aromatic heterocycles. The maximum atomic E-state index is 10.9. The average molecular weight is 237 g/mol. The zero-order valence-corrected chi connectivity index (χ0v) is 10.3. The van der Waals surface area contributed by atoms with E-state index in [2.05, 4.69) is 15.0 Å². The van der Waals surface area contributed by atoms with E-state index in [0.29, 0.717) is 24.7 Å². The average Bonchev–Trinajstić information content (AvgIpc) is 2.60. The van der Waals surface area contributed by atoms with E-state index in [1.54, 1.807) is 6.92 Å². The Bertz CT molecular complexity index is 368. The Balaban J connectivity index is 1.94. The maximum Gasteiger partial charge on any atom is 0.266 e. The summed E-state index contributed by atoms with van der Waals surface area (Å²) in [5.74, 6) is 1.41. The fraction of sp³-hybridized carbons (Fsp3) is 0.750. The lowest BCUT2D eigenvalue weighted by Gasteiger charge is -2.16. The molecule has 94 valence electrons. The second-order valence-corrected chi connectivity index (χ2v) is 4.59. The second-order valence-electron chi connectivity index (χ2n) is 4.59. The van der Waals surface area contributed by atoms with Crippen molar-refractivity contribution in [2.75, 3.05) is 18.0 Å². The molecule has 1 saturated heterocycles. The molecule has 5 heteroatoms. The normalized spacial score (nSPS) is 16.9.